The topological polar surface area (TPSA) is 101 Å². The second-order valence-electron chi connectivity index (χ2n) is 6.03. The molecular formula is C19H21N3O5S. The molecule has 0 fully saturated rings. The molecule has 1 N–H and O–H groups in total. The number of hydrazone groups is 1. The van der Waals surface area contributed by atoms with Crippen LogP contribution in [0.25, 0.3) is 0 Å². The predicted molar refractivity (Wildman–Crippen MR) is 106 cm³/mol. The average molecular weight is 403 g/mol. The molecule has 0 aliphatic carbocycles. The van der Waals surface area contributed by atoms with Crippen LogP contribution in [0.4, 0.5) is 0 Å². The summed E-state index contributed by atoms with van der Waals surface area (Å²) in [5, 5.41) is 15.7. The summed E-state index contributed by atoms with van der Waals surface area (Å²) in [6, 6.07) is 11.5. The van der Waals surface area contributed by atoms with E-state index in [0.29, 0.717) is 36.4 Å². The Morgan fingerprint density at radius 3 is 2.75 bits per heavy atom. The number of fused-ring (bicyclic) bond motifs is 1. The molecule has 2 aromatic rings. The van der Waals surface area contributed by atoms with Crippen molar-refractivity contribution in [1.29, 1.82) is 0 Å². The Morgan fingerprint density at radius 2 is 2.00 bits per heavy atom. The van der Waals surface area contributed by atoms with Crippen molar-refractivity contribution in [3.8, 4) is 11.5 Å². The van der Waals surface area contributed by atoms with Gasteiger partial charge in [-0.3, -0.25) is 0 Å². The second kappa shape index (κ2) is 8.41. The van der Waals surface area contributed by atoms with Crippen LogP contribution < -0.4 is 4.74 Å². The summed E-state index contributed by atoms with van der Waals surface area (Å²) in [5.41, 5.74) is 1.20. The zero-order valence-corrected chi connectivity index (χ0v) is 16.4. The van der Waals surface area contributed by atoms with Gasteiger partial charge in [0.15, 0.2) is 17.3 Å². The third-order valence-corrected chi connectivity index (χ3v) is 5.45. The van der Waals surface area contributed by atoms with Gasteiger partial charge in [-0.15, -0.1) is 4.40 Å². The highest BCUT2D eigenvalue weighted by molar-refractivity contribution is 7.90. The van der Waals surface area contributed by atoms with Crippen molar-refractivity contribution >= 4 is 22.1 Å². The first-order valence-electron chi connectivity index (χ1n) is 8.58. The highest BCUT2D eigenvalue weighted by Crippen LogP contribution is 2.28. The Hall–Kier alpha value is -2.91. The summed E-state index contributed by atoms with van der Waals surface area (Å²) in [6.45, 7) is 0.920. The molecule has 1 aliphatic rings. The first kappa shape index (κ1) is 19.8. The summed E-state index contributed by atoms with van der Waals surface area (Å²) < 4.78 is 38.8. The lowest BCUT2D eigenvalue weighted by Gasteiger charge is -2.18. The molecule has 1 aliphatic heterocycles. The number of rotatable bonds is 7. The van der Waals surface area contributed by atoms with Crippen molar-refractivity contribution in [3.05, 3.63) is 53.6 Å². The lowest BCUT2D eigenvalue weighted by molar-refractivity contribution is 0.187. The van der Waals surface area contributed by atoms with Gasteiger partial charge >= 0.3 is 0 Å². The van der Waals surface area contributed by atoms with E-state index in [9.17, 15) is 13.5 Å². The van der Waals surface area contributed by atoms with Crippen molar-refractivity contribution in [2.75, 3.05) is 27.4 Å². The molecule has 0 spiro atoms. The number of amidine groups is 1. The molecule has 0 amide bonds. The fourth-order valence-electron chi connectivity index (χ4n) is 2.76. The zero-order valence-electron chi connectivity index (χ0n) is 15.6. The van der Waals surface area contributed by atoms with Gasteiger partial charge in [0, 0.05) is 25.8 Å². The van der Waals surface area contributed by atoms with Gasteiger partial charge in [0.05, 0.1) is 13.3 Å². The normalized spacial score (nSPS) is 14.7. The van der Waals surface area contributed by atoms with Crippen molar-refractivity contribution in [2.24, 2.45) is 9.50 Å². The Bertz CT molecular complexity index is 1020. The van der Waals surface area contributed by atoms with Crippen LogP contribution in [-0.2, 0) is 14.8 Å². The number of phenolic OH excluding ortho intramolecular Hbond substituents is 1. The minimum atomic E-state index is -3.74. The number of hydrogen-bond donors (Lipinski definition) is 1. The molecule has 1 heterocycles. The number of hydrogen-bond acceptors (Lipinski definition) is 7. The van der Waals surface area contributed by atoms with Gasteiger partial charge in [0.1, 0.15) is 4.90 Å². The minimum Gasteiger partial charge on any atom is -0.504 e. The van der Waals surface area contributed by atoms with Gasteiger partial charge < -0.3 is 14.6 Å². The molecule has 3 rings (SSSR count). The molecule has 28 heavy (non-hydrogen) atoms. The smallest absolute Gasteiger partial charge is 0.285 e. The van der Waals surface area contributed by atoms with Gasteiger partial charge in [-0.05, 0) is 42.3 Å². The monoisotopic (exact) mass is 403 g/mol. The van der Waals surface area contributed by atoms with Crippen LogP contribution in [0.3, 0.4) is 0 Å². The molecule has 8 nitrogen and oxygen atoms in total. The molecule has 0 saturated carbocycles. The van der Waals surface area contributed by atoms with Crippen LogP contribution in [0.5, 0.6) is 11.5 Å². The van der Waals surface area contributed by atoms with Crippen molar-refractivity contribution < 1.29 is 23.0 Å². The third-order valence-electron chi connectivity index (χ3n) is 4.13. The SMILES string of the molecule is COCCCN(N=Cc1ccc(O)c(OC)c1)C1=NS(=O)(=O)c2ccccc21. The van der Waals surface area contributed by atoms with Crippen LogP contribution >= 0.6 is 0 Å². The van der Waals surface area contributed by atoms with Gasteiger partial charge in [0.25, 0.3) is 10.0 Å². The summed E-state index contributed by atoms with van der Waals surface area (Å²) in [4.78, 5) is 0.170. The standard InChI is InChI=1S/C19H21N3O5S/c1-26-11-5-10-22(20-13-14-8-9-16(23)17(12-14)27-2)19-15-6-3-4-7-18(15)28(24,25)21-19/h3-4,6-9,12-13,23H,5,10-11H2,1-2H3. The number of nitrogens with zero attached hydrogens (tertiary/aromatic N) is 3. The lowest BCUT2D eigenvalue weighted by atomic mass is 10.2. The third kappa shape index (κ3) is 4.15. The number of phenols is 1. The van der Waals surface area contributed by atoms with Crippen LogP contribution in [-0.4, -0.2) is 58.0 Å². The van der Waals surface area contributed by atoms with Crippen LogP contribution in [0.1, 0.15) is 17.5 Å². The first-order chi connectivity index (χ1) is 13.5. The van der Waals surface area contributed by atoms with E-state index in [4.69, 9.17) is 9.47 Å². The maximum atomic E-state index is 12.4. The number of ether oxygens (including phenoxy) is 2. The van der Waals surface area contributed by atoms with E-state index in [-0.39, 0.29) is 16.5 Å². The van der Waals surface area contributed by atoms with E-state index in [1.807, 2.05) is 0 Å². The van der Waals surface area contributed by atoms with E-state index in [1.54, 1.807) is 48.7 Å². The molecule has 0 radical (unpaired) electrons. The average Bonchev–Trinajstić information content (AvgIpc) is 2.97. The van der Waals surface area contributed by atoms with E-state index in [1.165, 1.54) is 19.2 Å². The number of methoxy groups -OCH3 is 2. The Balaban J connectivity index is 1.94. The number of sulfonamides is 1. The summed E-state index contributed by atoms with van der Waals surface area (Å²) in [5.74, 6) is 0.617. The van der Waals surface area contributed by atoms with Crippen LogP contribution in [0, 0.1) is 0 Å². The highest BCUT2D eigenvalue weighted by atomic mass is 32.2. The Morgan fingerprint density at radius 1 is 1.21 bits per heavy atom. The van der Waals surface area contributed by atoms with Gasteiger partial charge in [-0.1, -0.05) is 12.1 Å². The number of aromatic hydroxyl groups is 1. The summed E-state index contributed by atoms with van der Waals surface area (Å²) >= 11 is 0. The Kier molecular flexibility index (Phi) is 5.96. The van der Waals surface area contributed by atoms with Crippen molar-refractivity contribution in [1.82, 2.24) is 5.01 Å². The van der Waals surface area contributed by atoms with E-state index in [0.717, 1.165) is 0 Å². The molecule has 0 atom stereocenters. The maximum Gasteiger partial charge on any atom is 0.285 e. The van der Waals surface area contributed by atoms with E-state index < -0.39 is 10.0 Å². The minimum absolute atomic E-state index is 0.0248. The molecule has 0 bridgehead atoms. The van der Waals surface area contributed by atoms with Gasteiger partial charge in [-0.2, -0.15) is 13.5 Å². The largest absolute Gasteiger partial charge is 0.504 e. The molecule has 148 valence electrons. The van der Waals surface area contributed by atoms with E-state index >= 15 is 0 Å². The van der Waals surface area contributed by atoms with Gasteiger partial charge in [-0.25, -0.2) is 5.01 Å². The maximum absolute atomic E-state index is 12.4. The molecule has 0 unspecified atom stereocenters. The second-order valence-corrected chi connectivity index (χ2v) is 7.60. The van der Waals surface area contributed by atoms with Crippen molar-refractivity contribution in [2.45, 2.75) is 11.3 Å². The summed E-state index contributed by atoms with van der Waals surface area (Å²) in [7, 11) is -0.681. The van der Waals surface area contributed by atoms with Crippen molar-refractivity contribution in [3.63, 3.8) is 0 Å². The highest BCUT2D eigenvalue weighted by Gasteiger charge is 2.31. The lowest BCUT2D eigenvalue weighted by Crippen LogP contribution is -2.27. The van der Waals surface area contributed by atoms with Crippen LogP contribution in [0.15, 0.2) is 56.9 Å². The number of benzene rings is 2. The molecular weight excluding hydrogens is 382 g/mol. The first-order valence-corrected chi connectivity index (χ1v) is 10.0. The molecule has 9 heteroatoms. The molecule has 0 aromatic heterocycles. The molecule has 0 saturated heterocycles. The van der Waals surface area contributed by atoms with Gasteiger partial charge in [0.2, 0.25) is 0 Å². The zero-order chi connectivity index (χ0) is 20.1. The fraction of sp³-hybridized carbons (Fsp3) is 0.263. The fourth-order valence-corrected chi connectivity index (χ4v) is 3.97. The Labute approximate surface area is 163 Å². The van der Waals surface area contributed by atoms with Crippen LogP contribution in [0.2, 0.25) is 0 Å². The quantitative estimate of drug-likeness (QED) is 0.432. The predicted octanol–water partition coefficient (Wildman–Crippen LogP) is 2.22. The van der Waals surface area contributed by atoms with E-state index in [2.05, 4.69) is 9.50 Å². The molecule has 2 aromatic carbocycles. The summed E-state index contributed by atoms with van der Waals surface area (Å²) in [6.07, 6.45) is 2.19.